The predicted octanol–water partition coefficient (Wildman–Crippen LogP) is 1.99. The molecule has 1 aliphatic heterocycles. The summed E-state index contributed by atoms with van der Waals surface area (Å²) in [6, 6.07) is 4.83. The number of imidazole rings is 1. The number of hydrogen-bond donors (Lipinski definition) is 0. The lowest BCUT2D eigenvalue weighted by Crippen LogP contribution is -2.43. The fraction of sp³-hybridized carbons (Fsp3) is 0.562. The first-order valence-corrected chi connectivity index (χ1v) is 8.62. The first-order valence-electron chi connectivity index (χ1n) is 7.74. The number of aryl methyl sites for hydroxylation is 1. The van der Waals surface area contributed by atoms with Crippen LogP contribution in [-0.2, 0) is 18.3 Å². The third kappa shape index (κ3) is 3.76. The van der Waals surface area contributed by atoms with E-state index in [0.29, 0.717) is 6.04 Å². The molecule has 22 heavy (non-hydrogen) atoms. The zero-order valence-corrected chi connectivity index (χ0v) is 14.1. The normalized spacial score (nSPS) is 18.0. The summed E-state index contributed by atoms with van der Waals surface area (Å²) in [4.78, 5) is 10.8. The van der Waals surface area contributed by atoms with E-state index in [1.54, 1.807) is 0 Å². The maximum atomic E-state index is 5.51. The van der Waals surface area contributed by atoms with E-state index >= 15 is 0 Å². The van der Waals surface area contributed by atoms with Gasteiger partial charge in [0.2, 0.25) is 0 Å². The van der Waals surface area contributed by atoms with Gasteiger partial charge in [0.1, 0.15) is 5.82 Å². The van der Waals surface area contributed by atoms with E-state index in [1.807, 2.05) is 23.7 Å². The molecule has 1 aliphatic rings. The molecule has 2 aromatic heterocycles. The smallest absolute Gasteiger partial charge is 0.122 e. The van der Waals surface area contributed by atoms with Crippen LogP contribution in [0, 0.1) is 0 Å². The minimum absolute atomic E-state index is 0.439. The van der Waals surface area contributed by atoms with Crippen molar-refractivity contribution in [3.63, 3.8) is 0 Å². The highest BCUT2D eigenvalue weighted by Crippen LogP contribution is 2.27. The quantitative estimate of drug-likeness (QED) is 0.815. The molecule has 1 atom stereocenters. The molecular formula is C16H24N4OS. The van der Waals surface area contributed by atoms with Gasteiger partial charge in [-0.1, -0.05) is 6.07 Å². The topological polar surface area (TPSA) is 33.5 Å². The Morgan fingerprint density at radius 2 is 2.23 bits per heavy atom. The largest absolute Gasteiger partial charge is 0.379 e. The van der Waals surface area contributed by atoms with Crippen molar-refractivity contribution in [3.8, 4) is 0 Å². The number of nitrogens with zero attached hydrogens (tertiary/aromatic N) is 4. The molecule has 3 heterocycles. The van der Waals surface area contributed by atoms with Gasteiger partial charge in [-0.3, -0.25) is 9.80 Å². The first-order chi connectivity index (χ1) is 10.7. The molecule has 1 saturated heterocycles. The van der Waals surface area contributed by atoms with Crippen molar-refractivity contribution in [1.82, 2.24) is 19.4 Å². The predicted molar refractivity (Wildman–Crippen MR) is 89.0 cm³/mol. The molecule has 5 nitrogen and oxygen atoms in total. The second-order valence-electron chi connectivity index (χ2n) is 5.83. The van der Waals surface area contributed by atoms with Crippen molar-refractivity contribution in [1.29, 1.82) is 0 Å². The van der Waals surface area contributed by atoms with Crippen LogP contribution in [0.4, 0.5) is 0 Å². The zero-order chi connectivity index (χ0) is 15.4. The van der Waals surface area contributed by atoms with Crippen LogP contribution < -0.4 is 0 Å². The number of morpholine rings is 1. The number of likely N-dealkylation sites (N-methyl/N-ethyl adjacent to an activating group) is 1. The van der Waals surface area contributed by atoms with E-state index in [0.717, 1.165) is 45.2 Å². The van der Waals surface area contributed by atoms with Crippen LogP contribution in [-0.4, -0.2) is 59.2 Å². The van der Waals surface area contributed by atoms with Gasteiger partial charge < -0.3 is 9.30 Å². The molecule has 0 aliphatic carbocycles. The van der Waals surface area contributed by atoms with E-state index < -0.39 is 0 Å². The summed E-state index contributed by atoms with van der Waals surface area (Å²) in [6.45, 7) is 5.58. The lowest BCUT2D eigenvalue weighted by molar-refractivity contribution is 0.00946. The average Bonchev–Trinajstić information content (AvgIpc) is 3.18. The Hall–Kier alpha value is -1.21. The summed E-state index contributed by atoms with van der Waals surface area (Å²) >= 11 is 1.85. The molecule has 0 amide bonds. The summed E-state index contributed by atoms with van der Waals surface area (Å²) < 4.78 is 7.60. The van der Waals surface area contributed by atoms with Crippen LogP contribution in [0.3, 0.4) is 0 Å². The van der Waals surface area contributed by atoms with Crippen LogP contribution in [0.2, 0.25) is 0 Å². The summed E-state index contributed by atoms with van der Waals surface area (Å²) in [7, 11) is 4.23. The highest BCUT2D eigenvalue weighted by molar-refractivity contribution is 7.10. The number of aromatic nitrogens is 2. The van der Waals surface area contributed by atoms with Gasteiger partial charge in [0.05, 0.1) is 25.8 Å². The van der Waals surface area contributed by atoms with Crippen molar-refractivity contribution in [2.24, 2.45) is 7.05 Å². The lowest BCUT2D eigenvalue weighted by Gasteiger charge is -2.36. The number of rotatable bonds is 6. The summed E-state index contributed by atoms with van der Waals surface area (Å²) in [5.74, 6) is 1.11. The standard InChI is InChI=1S/C16H24N4OS/c1-18(13-16-17-5-6-19(16)2)12-14(15-4-3-11-22-15)20-7-9-21-10-8-20/h3-6,11,14H,7-10,12-13H2,1-2H3. The Morgan fingerprint density at radius 3 is 2.86 bits per heavy atom. The van der Waals surface area contributed by atoms with Gasteiger partial charge >= 0.3 is 0 Å². The molecule has 2 aromatic rings. The molecule has 0 bridgehead atoms. The highest BCUT2D eigenvalue weighted by Gasteiger charge is 2.24. The average molecular weight is 320 g/mol. The van der Waals surface area contributed by atoms with E-state index in [1.165, 1.54) is 4.88 Å². The fourth-order valence-corrected chi connectivity index (χ4v) is 3.76. The van der Waals surface area contributed by atoms with E-state index in [2.05, 4.69) is 51.0 Å². The Kier molecular flexibility index (Phi) is 5.25. The van der Waals surface area contributed by atoms with Gasteiger partial charge in [-0.15, -0.1) is 11.3 Å². The number of hydrogen-bond acceptors (Lipinski definition) is 5. The SMILES string of the molecule is CN(Cc1nccn1C)CC(c1cccs1)N1CCOCC1. The van der Waals surface area contributed by atoms with Crippen LogP contribution in [0.5, 0.6) is 0 Å². The molecule has 0 spiro atoms. The Bertz CT molecular complexity index is 562. The minimum Gasteiger partial charge on any atom is -0.379 e. The Balaban J connectivity index is 1.68. The third-order valence-corrected chi connectivity index (χ3v) is 5.15. The van der Waals surface area contributed by atoms with Gasteiger partial charge in [-0.05, 0) is 18.5 Å². The van der Waals surface area contributed by atoms with Crippen molar-refractivity contribution >= 4 is 11.3 Å². The van der Waals surface area contributed by atoms with E-state index in [4.69, 9.17) is 4.74 Å². The summed E-state index contributed by atoms with van der Waals surface area (Å²) in [6.07, 6.45) is 3.86. The lowest BCUT2D eigenvalue weighted by atomic mass is 10.1. The molecule has 3 rings (SSSR count). The van der Waals surface area contributed by atoms with Gasteiger partial charge in [0.15, 0.2) is 0 Å². The molecule has 6 heteroatoms. The summed E-state index contributed by atoms with van der Waals surface area (Å²) in [5, 5.41) is 2.17. The van der Waals surface area contributed by atoms with E-state index in [9.17, 15) is 0 Å². The van der Waals surface area contributed by atoms with Gasteiger partial charge in [0, 0.05) is 44.0 Å². The van der Waals surface area contributed by atoms with Crippen molar-refractivity contribution < 1.29 is 4.74 Å². The monoisotopic (exact) mass is 320 g/mol. The molecule has 0 radical (unpaired) electrons. The second-order valence-corrected chi connectivity index (χ2v) is 6.81. The molecule has 120 valence electrons. The number of ether oxygens (including phenoxy) is 1. The maximum absolute atomic E-state index is 5.51. The highest BCUT2D eigenvalue weighted by atomic mass is 32.1. The van der Waals surface area contributed by atoms with Crippen molar-refractivity contribution in [2.75, 3.05) is 39.9 Å². The fourth-order valence-electron chi connectivity index (χ4n) is 2.91. The Morgan fingerprint density at radius 1 is 1.41 bits per heavy atom. The molecule has 1 unspecified atom stereocenters. The van der Waals surface area contributed by atoms with Gasteiger partial charge in [-0.25, -0.2) is 4.98 Å². The van der Waals surface area contributed by atoms with Crippen molar-refractivity contribution in [2.45, 2.75) is 12.6 Å². The third-order valence-electron chi connectivity index (χ3n) is 4.17. The first kappa shape index (κ1) is 15.7. The molecule has 1 fully saturated rings. The van der Waals surface area contributed by atoms with E-state index in [-0.39, 0.29) is 0 Å². The minimum atomic E-state index is 0.439. The van der Waals surface area contributed by atoms with Crippen molar-refractivity contribution in [3.05, 3.63) is 40.6 Å². The molecular weight excluding hydrogens is 296 g/mol. The van der Waals surface area contributed by atoms with Crippen LogP contribution in [0.15, 0.2) is 29.9 Å². The molecule has 0 saturated carbocycles. The zero-order valence-electron chi connectivity index (χ0n) is 13.3. The van der Waals surface area contributed by atoms with Gasteiger partial charge in [0.25, 0.3) is 0 Å². The maximum Gasteiger partial charge on any atom is 0.122 e. The van der Waals surface area contributed by atoms with Crippen LogP contribution in [0.1, 0.15) is 16.7 Å². The van der Waals surface area contributed by atoms with Crippen LogP contribution >= 0.6 is 11.3 Å². The summed E-state index contributed by atoms with van der Waals surface area (Å²) in [5.41, 5.74) is 0. The number of thiophene rings is 1. The Labute approximate surface area is 136 Å². The van der Waals surface area contributed by atoms with Gasteiger partial charge in [-0.2, -0.15) is 0 Å². The van der Waals surface area contributed by atoms with Crippen LogP contribution in [0.25, 0.3) is 0 Å². The molecule has 0 N–H and O–H groups in total. The second kappa shape index (κ2) is 7.37. The molecule has 0 aromatic carbocycles.